The van der Waals surface area contributed by atoms with Crippen molar-refractivity contribution in [1.82, 2.24) is 29.8 Å². The number of carbonyl (C=O) groups is 5. The number of imide groups is 1. The first kappa shape index (κ1) is 53.3. The summed E-state index contributed by atoms with van der Waals surface area (Å²) in [5, 5.41) is 44.6. The highest BCUT2D eigenvalue weighted by molar-refractivity contribution is 6.12. The van der Waals surface area contributed by atoms with Gasteiger partial charge in [0.25, 0.3) is 11.8 Å². The third-order valence-corrected chi connectivity index (χ3v) is 13.1. The Morgan fingerprint density at radius 2 is 1.71 bits per heavy atom. The van der Waals surface area contributed by atoms with Crippen molar-refractivity contribution >= 4 is 35.3 Å². The summed E-state index contributed by atoms with van der Waals surface area (Å²) in [7, 11) is 0. The number of aryl methyl sites for hydroxylation is 2. The Balaban J connectivity index is 0.894. The van der Waals surface area contributed by atoms with Crippen molar-refractivity contribution in [2.45, 2.75) is 109 Å². The Labute approximate surface area is 433 Å². The Morgan fingerprint density at radius 1 is 0.920 bits per heavy atom. The van der Waals surface area contributed by atoms with Crippen LogP contribution in [0.4, 0.5) is 10.1 Å². The fourth-order valence-corrected chi connectivity index (χ4v) is 9.63. The van der Waals surface area contributed by atoms with E-state index in [1.54, 1.807) is 41.1 Å². The average Bonchev–Trinajstić information content (AvgIpc) is 4.09. The van der Waals surface area contributed by atoms with E-state index in [1.807, 2.05) is 73.1 Å². The lowest BCUT2D eigenvalue weighted by atomic mass is 9.94. The maximum atomic E-state index is 14.7. The maximum Gasteiger partial charge on any atom is 0.305 e. The number of rotatable bonds is 23. The van der Waals surface area contributed by atoms with E-state index in [2.05, 4.69) is 32.8 Å². The molecule has 18 heteroatoms. The monoisotopic (exact) mass is 1020 g/mol. The van der Waals surface area contributed by atoms with E-state index in [-0.39, 0.29) is 69.0 Å². The number of fused-ring (bicyclic) bond motifs is 1. The highest BCUT2D eigenvalue weighted by Crippen LogP contribution is 2.44. The van der Waals surface area contributed by atoms with Gasteiger partial charge in [-0.15, -0.1) is 5.10 Å². The van der Waals surface area contributed by atoms with Gasteiger partial charge in [0.1, 0.15) is 24.2 Å². The van der Waals surface area contributed by atoms with E-state index in [0.29, 0.717) is 95.2 Å². The number of carbonyl (C=O) groups excluding carboxylic acids is 4. The summed E-state index contributed by atoms with van der Waals surface area (Å²) in [6.07, 6.45) is 1.43. The van der Waals surface area contributed by atoms with Crippen LogP contribution in [0.3, 0.4) is 0 Å². The van der Waals surface area contributed by atoms with Gasteiger partial charge in [-0.25, -0.2) is 4.39 Å². The zero-order valence-electron chi connectivity index (χ0n) is 41.8. The smallest absolute Gasteiger partial charge is 0.305 e. The first-order valence-electron chi connectivity index (χ1n) is 25.2. The number of benzene rings is 4. The zero-order valence-corrected chi connectivity index (χ0v) is 41.8. The number of aromatic nitrogens is 4. The Kier molecular flexibility index (Phi) is 17.7. The van der Waals surface area contributed by atoms with E-state index in [9.17, 15) is 43.7 Å². The molecule has 4 aromatic carbocycles. The van der Waals surface area contributed by atoms with Gasteiger partial charge in [-0.2, -0.15) is 0 Å². The van der Waals surface area contributed by atoms with Crippen LogP contribution in [0.2, 0.25) is 0 Å². The number of hydrogen-bond donors (Lipinski definition) is 5. The van der Waals surface area contributed by atoms with Crippen molar-refractivity contribution in [2.75, 3.05) is 25.1 Å². The van der Waals surface area contributed by atoms with Crippen LogP contribution < -0.4 is 15.4 Å². The van der Waals surface area contributed by atoms with Crippen molar-refractivity contribution in [3.05, 3.63) is 143 Å². The molecule has 1 saturated heterocycles. The molecular weight excluding hydrogens is 962 g/mol. The molecule has 3 unspecified atom stereocenters. The summed E-state index contributed by atoms with van der Waals surface area (Å²) in [5.41, 5.74) is 6.89. The summed E-state index contributed by atoms with van der Waals surface area (Å²) in [6, 6.07) is 27.1. The molecule has 5 N–H and O–H groups in total. The van der Waals surface area contributed by atoms with Gasteiger partial charge in [-0.1, -0.05) is 67.3 Å². The molecule has 8 rings (SSSR count). The van der Waals surface area contributed by atoms with Gasteiger partial charge < -0.3 is 39.6 Å². The molecule has 0 spiro atoms. The maximum absolute atomic E-state index is 14.7. The zero-order chi connectivity index (χ0) is 53.0. The lowest BCUT2D eigenvalue weighted by Gasteiger charge is -2.29. The lowest BCUT2D eigenvalue weighted by Crippen LogP contribution is -2.52. The van der Waals surface area contributed by atoms with Crippen molar-refractivity contribution < 1.29 is 53.2 Å². The minimum Gasteiger partial charge on any atom is -0.494 e. The van der Waals surface area contributed by atoms with Crippen LogP contribution in [0.1, 0.15) is 108 Å². The number of anilines is 1. The average molecular weight is 1020 g/mol. The minimum absolute atomic E-state index is 0.127. The first-order valence-corrected chi connectivity index (χ1v) is 25.2. The van der Waals surface area contributed by atoms with Gasteiger partial charge in [-0.05, 0) is 122 Å². The number of amides is 4. The third kappa shape index (κ3) is 13.4. The molecule has 3 atom stereocenters. The van der Waals surface area contributed by atoms with Gasteiger partial charge in [0, 0.05) is 66.9 Å². The molecule has 0 radical (unpaired) electrons. The van der Waals surface area contributed by atoms with Crippen LogP contribution in [0.5, 0.6) is 5.75 Å². The summed E-state index contributed by atoms with van der Waals surface area (Å²) >= 11 is 0. The van der Waals surface area contributed by atoms with Crippen LogP contribution in [0.15, 0.2) is 103 Å². The van der Waals surface area contributed by atoms with Gasteiger partial charge >= 0.3 is 5.97 Å². The SMILES string of the molecule is CC(C)c1c(C(=O)Nc2ccccc2)c(-c2cccc(OCCCc3cn(CCCOCC#Cc4cccc5c4CN(C4CCC(=O)NC4=O)C5=O)nn3)c2)c(-c2ccc(F)cc2)n1CCC(O)CC(O)CC(=O)O. The molecule has 2 aliphatic rings. The van der Waals surface area contributed by atoms with E-state index >= 15 is 0 Å². The molecule has 75 heavy (non-hydrogen) atoms. The van der Waals surface area contributed by atoms with E-state index < -0.39 is 42.4 Å². The van der Waals surface area contributed by atoms with E-state index in [1.165, 1.54) is 17.0 Å². The van der Waals surface area contributed by atoms with Crippen molar-refractivity contribution in [1.29, 1.82) is 0 Å². The largest absolute Gasteiger partial charge is 0.494 e. The van der Waals surface area contributed by atoms with Gasteiger partial charge in [-0.3, -0.25) is 34.0 Å². The quantitative estimate of drug-likeness (QED) is 0.0245. The van der Waals surface area contributed by atoms with Gasteiger partial charge in [0.15, 0.2) is 0 Å². The topological polar surface area (TPSA) is 227 Å². The molecule has 4 heterocycles. The number of nitrogens with zero attached hydrogens (tertiary/aromatic N) is 5. The predicted octanol–water partition coefficient (Wildman–Crippen LogP) is 7.14. The highest BCUT2D eigenvalue weighted by Gasteiger charge is 2.40. The molecule has 1 fully saturated rings. The standard InChI is InChI=1S/C57H60FN7O10/c1-36(2)53-52(56(72)59-41-14-4-3-5-15-41)51(54(38-19-21-40(58)22-20-38)64(53)27-25-43(66)32-44(67)33-50(69)70)39-12-6-17-45(31-39)75-30-9-16-42-34-63(62-61-42)26-10-29-74-28-8-13-37-11-7-18-46-47(37)35-65(57(46)73)48-23-24-49(68)60-55(48)71/h3-7,11-12,14-15,17-22,31,34,36,43-44,48,66-67H,9-10,16,23-30,32-33,35H2,1-2H3,(H,59,72)(H,69,70)(H,60,68,71). The minimum atomic E-state index is -1.25. The number of ether oxygens (including phenoxy) is 2. The molecule has 6 aromatic rings. The molecule has 4 amide bonds. The predicted molar refractivity (Wildman–Crippen MR) is 276 cm³/mol. The number of carboxylic acids is 1. The van der Waals surface area contributed by atoms with Gasteiger partial charge in [0.2, 0.25) is 11.8 Å². The number of aliphatic carboxylic acids is 1. The van der Waals surface area contributed by atoms with Crippen LogP contribution in [-0.4, -0.2) is 107 Å². The number of para-hydroxylation sites is 1. The Bertz CT molecular complexity index is 3090. The lowest BCUT2D eigenvalue weighted by molar-refractivity contribution is -0.140. The second-order valence-electron chi connectivity index (χ2n) is 18.9. The number of aliphatic hydroxyl groups excluding tert-OH is 2. The Morgan fingerprint density at radius 3 is 2.47 bits per heavy atom. The van der Waals surface area contributed by atoms with Crippen molar-refractivity contribution in [2.24, 2.45) is 0 Å². The van der Waals surface area contributed by atoms with Crippen LogP contribution >= 0.6 is 0 Å². The summed E-state index contributed by atoms with van der Waals surface area (Å²) in [5.74, 6) is 3.46. The molecule has 17 nitrogen and oxygen atoms in total. The summed E-state index contributed by atoms with van der Waals surface area (Å²) in [6.45, 7) is 5.92. The number of aliphatic hydroxyl groups is 2. The number of piperidine rings is 1. The normalized spacial score (nSPS) is 15.0. The van der Waals surface area contributed by atoms with Crippen LogP contribution in [-0.2, 0) is 45.2 Å². The molecule has 0 saturated carbocycles. The number of halogens is 1. The van der Waals surface area contributed by atoms with Crippen molar-refractivity contribution in [3.63, 3.8) is 0 Å². The third-order valence-electron chi connectivity index (χ3n) is 13.1. The van der Waals surface area contributed by atoms with Crippen LogP contribution in [0.25, 0.3) is 22.4 Å². The van der Waals surface area contributed by atoms with Crippen LogP contribution in [0, 0.1) is 17.7 Å². The molecular formula is C57H60FN7O10. The number of nitrogens with one attached hydrogen (secondary N) is 2. The number of hydrogen-bond acceptors (Lipinski definition) is 11. The van der Waals surface area contributed by atoms with E-state index in [4.69, 9.17) is 9.47 Å². The first-order chi connectivity index (χ1) is 36.2. The molecule has 2 aromatic heterocycles. The Hall–Kier alpha value is -7.98. The molecule has 0 bridgehead atoms. The highest BCUT2D eigenvalue weighted by atomic mass is 19.1. The van der Waals surface area contributed by atoms with Crippen molar-refractivity contribution in [3.8, 4) is 40.0 Å². The molecule has 2 aliphatic heterocycles. The van der Waals surface area contributed by atoms with E-state index in [0.717, 1.165) is 11.3 Å². The summed E-state index contributed by atoms with van der Waals surface area (Å²) < 4.78 is 30.3. The summed E-state index contributed by atoms with van der Waals surface area (Å²) in [4.78, 5) is 64.6. The fraction of sp³-hybridized carbons (Fsp3) is 0.351. The number of carboxylic acid groups (broad SMARTS) is 1. The second kappa shape index (κ2) is 24.8. The second-order valence-corrected chi connectivity index (χ2v) is 18.9. The molecule has 390 valence electrons. The van der Waals surface area contributed by atoms with Gasteiger partial charge in [0.05, 0.1) is 42.2 Å². The molecule has 0 aliphatic carbocycles. The fourth-order valence-electron chi connectivity index (χ4n) is 9.63.